The Hall–Kier alpha value is -2.48. The van der Waals surface area contributed by atoms with Crippen LogP contribution in [0, 0.1) is 13.8 Å². The zero-order valence-corrected chi connectivity index (χ0v) is 14.8. The fraction of sp³-hybridized carbons (Fsp3) is 0.312. The van der Waals surface area contributed by atoms with Crippen molar-refractivity contribution in [1.29, 1.82) is 0 Å². The number of ether oxygens (including phenoxy) is 1. The normalized spacial score (nSPS) is 12.3. The van der Waals surface area contributed by atoms with Crippen LogP contribution in [-0.2, 0) is 23.6 Å². The molecule has 0 saturated carbocycles. The highest BCUT2D eigenvalue weighted by Gasteiger charge is 2.19. The molecule has 3 aromatic rings. The Bertz CT molecular complexity index is 901. The Labute approximate surface area is 142 Å². The summed E-state index contributed by atoms with van der Waals surface area (Å²) in [5.74, 6) is 1.29. The van der Waals surface area contributed by atoms with E-state index in [9.17, 15) is 4.21 Å². The minimum absolute atomic E-state index is 0.0898. The molecular formula is C16H18N4O3S. The van der Waals surface area contributed by atoms with E-state index < -0.39 is 10.8 Å². The first-order valence-electron chi connectivity index (χ1n) is 7.34. The second-order valence-corrected chi connectivity index (χ2v) is 6.74. The molecule has 0 spiro atoms. The van der Waals surface area contributed by atoms with Gasteiger partial charge in [0, 0.05) is 30.6 Å². The van der Waals surface area contributed by atoms with Crippen molar-refractivity contribution in [3.63, 3.8) is 0 Å². The topological polar surface area (TPSA) is 83.0 Å². The van der Waals surface area contributed by atoms with Crippen LogP contribution in [0.15, 0.2) is 34.2 Å². The smallest absolute Gasteiger partial charge is 0.308 e. The van der Waals surface area contributed by atoms with E-state index in [0.717, 1.165) is 22.6 Å². The maximum Gasteiger partial charge on any atom is 0.308 e. The van der Waals surface area contributed by atoms with E-state index in [2.05, 4.69) is 15.2 Å². The molecule has 0 radical (unpaired) electrons. The predicted octanol–water partition coefficient (Wildman–Crippen LogP) is 2.40. The van der Waals surface area contributed by atoms with Gasteiger partial charge in [-0.2, -0.15) is 0 Å². The number of aryl methyl sites for hydroxylation is 2. The van der Waals surface area contributed by atoms with Crippen LogP contribution in [0.1, 0.15) is 16.8 Å². The lowest BCUT2D eigenvalue weighted by Gasteiger charge is -2.11. The molecule has 3 heterocycles. The number of rotatable bonds is 5. The molecule has 0 aliphatic carbocycles. The molecule has 0 fully saturated rings. The van der Waals surface area contributed by atoms with Crippen molar-refractivity contribution in [2.24, 2.45) is 7.05 Å². The monoisotopic (exact) mass is 346 g/mol. The molecule has 0 aliphatic heterocycles. The minimum Gasteiger partial charge on any atom is -0.496 e. The van der Waals surface area contributed by atoms with Gasteiger partial charge in [0.05, 0.1) is 18.6 Å². The first-order chi connectivity index (χ1) is 11.5. The molecule has 1 unspecified atom stereocenters. The maximum absolute atomic E-state index is 12.5. The summed E-state index contributed by atoms with van der Waals surface area (Å²) >= 11 is 0. The molecule has 0 aromatic carbocycles. The van der Waals surface area contributed by atoms with Crippen molar-refractivity contribution in [2.45, 2.75) is 24.8 Å². The fourth-order valence-corrected chi connectivity index (χ4v) is 3.46. The third-order valence-electron chi connectivity index (χ3n) is 3.78. The molecule has 0 saturated heterocycles. The Kier molecular flexibility index (Phi) is 4.48. The van der Waals surface area contributed by atoms with Crippen LogP contribution < -0.4 is 4.74 Å². The minimum atomic E-state index is -1.48. The Morgan fingerprint density at radius 3 is 2.79 bits per heavy atom. The van der Waals surface area contributed by atoms with E-state index in [1.54, 1.807) is 13.3 Å². The summed E-state index contributed by atoms with van der Waals surface area (Å²) in [6, 6.07) is 3.73. The van der Waals surface area contributed by atoms with Gasteiger partial charge in [0.2, 0.25) is 0 Å². The van der Waals surface area contributed by atoms with E-state index in [-0.39, 0.29) is 11.0 Å². The van der Waals surface area contributed by atoms with Gasteiger partial charge < -0.3 is 13.7 Å². The summed E-state index contributed by atoms with van der Waals surface area (Å²) in [5.41, 5.74) is 3.27. The highest BCUT2D eigenvalue weighted by molar-refractivity contribution is 7.84. The molecule has 24 heavy (non-hydrogen) atoms. The van der Waals surface area contributed by atoms with Gasteiger partial charge in [0.1, 0.15) is 22.2 Å². The molecule has 3 rings (SSSR count). The molecule has 0 aliphatic rings. The number of hydrogen-bond acceptors (Lipinski definition) is 6. The quantitative estimate of drug-likeness (QED) is 0.705. The van der Waals surface area contributed by atoms with Crippen molar-refractivity contribution in [1.82, 2.24) is 19.7 Å². The van der Waals surface area contributed by atoms with Crippen LogP contribution >= 0.6 is 0 Å². The second-order valence-electron chi connectivity index (χ2n) is 5.41. The van der Waals surface area contributed by atoms with E-state index in [1.807, 2.05) is 43.8 Å². The summed E-state index contributed by atoms with van der Waals surface area (Å²) < 4.78 is 25.3. The lowest BCUT2D eigenvalue weighted by atomic mass is 10.1. The van der Waals surface area contributed by atoms with Crippen LogP contribution in [0.25, 0.3) is 11.6 Å². The summed E-state index contributed by atoms with van der Waals surface area (Å²) in [5, 5.41) is 7.98. The molecule has 1 atom stereocenters. The SMILES string of the molecule is COc1c(C)cnc(CS(=O)c2nnc(-c3cccn3C)o2)c1C. The summed E-state index contributed by atoms with van der Waals surface area (Å²) in [7, 11) is 2.01. The second kappa shape index (κ2) is 6.56. The lowest BCUT2D eigenvalue weighted by molar-refractivity contribution is 0.407. The molecule has 0 bridgehead atoms. The number of nitrogens with zero attached hydrogens (tertiary/aromatic N) is 4. The molecule has 0 N–H and O–H groups in total. The third kappa shape index (κ3) is 2.96. The van der Waals surface area contributed by atoms with Crippen molar-refractivity contribution < 1.29 is 13.4 Å². The summed E-state index contributed by atoms with van der Waals surface area (Å²) in [4.78, 5) is 4.36. The average Bonchev–Trinajstić information content (AvgIpc) is 3.19. The Morgan fingerprint density at radius 1 is 1.33 bits per heavy atom. The number of methoxy groups -OCH3 is 1. The lowest BCUT2D eigenvalue weighted by Crippen LogP contribution is -2.04. The van der Waals surface area contributed by atoms with Gasteiger partial charge >= 0.3 is 5.22 Å². The number of pyridine rings is 1. The van der Waals surface area contributed by atoms with Crippen molar-refractivity contribution in [3.05, 3.63) is 41.3 Å². The van der Waals surface area contributed by atoms with E-state index in [4.69, 9.17) is 9.15 Å². The van der Waals surface area contributed by atoms with Gasteiger partial charge in [0.25, 0.3) is 5.89 Å². The largest absolute Gasteiger partial charge is 0.496 e. The van der Waals surface area contributed by atoms with Gasteiger partial charge in [-0.1, -0.05) is 5.10 Å². The summed E-state index contributed by atoms with van der Waals surface area (Å²) in [6.07, 6.45) is 3.59. The van der Waals surface area contributed by atoms with E-state index >= 15 is 0 Å². The van der Waals surface area contributed by atoms with Gasteiger partial charge in [-0.05, 0) is 26.0 Å². The fourth-order valence-electron chi connectivity index (χ4n) is 2.49. The van der Waals surface area contributed by atoms with Crippen molar-refractivity contribution in [3.8, 4) is 17.3 Å². The zero-order valence-electron chi connectivity index (χ0n) is 13.9. The van der Waals surface area contributed by atoms with E-state index in [0.29, 0.717) is 11.6 Å². The standard InChI is InChI=1S/C16H18N4O3S/c1-10-8-17-12(11(2)14(10)22-4)9-24(21)16-19-18-15(23-16)13-6-5-7-20(13)3/h5-8H,9H2,1-4H3. The van der Waals surface area contributed by atoms with Crippen LogP contribution in [0.3, 0.4) is 0 Å². The molecule has 7 nitrogen and oxygen atoms in total. The number of hydrogen-bond donors (Lipinski definition) is 0. The van der Waals surface area contributed by atoms with Crippen LogP contribution in [-0.4, -0.2) is 31.1 Å². The van der Waals surface area contributed by atoms with Gasteiger partial charge in [0.15, 0.2) is 0 Å². The first kappa shape index (κ1) is 16.4. The van der Waals surface area contributed by atoms with Crippen LogP contribution in [0.2, 0.25) is 0 Å². The molecule has 8 heteroatoms. The molecular weight excluding hydrogens is 328 g/mol. The highest BCUT2D eigenvalue weighted by Crippen LogP contribution is 2.26. The van der Waals surface area contributed by atoms with Gasteiger partial charge in [-0.25, -0.2) is 4.21 Å². The zero-order chi connectivity index (χ0) is 17.3. The highest BCUT2D eigenvalue weighted by atomic mass is 32.2. The first-order valence-corrected chi connectivity index (χ1v) is 8.65. The molecule has 126 valence electrons. The Balaban J connectivity index is 1.84. The predicted molar refractivity (Wildman–Crippen MR) is 89.1 cm³/mol. The van der Waals surface area contributed by atoms with Gasteiger partial charge in [-0.3, -0.25) is 4.98 Å². The van der Waals surface area contributed by atoms with Crippen molar-refractivity contribution in [2.75, 3.05) is 7.11 Å². The number of aromatic nitrogens is 4. The Morgan fingerprint density at radius 2 is 2.12 bits per heavy atom. The maximum atomic E-state index is 12.5. The van der Waals surface area contributed by atoms with E-state index in [1.165, 1.54) is 0 Å². The third-order valence-corrected chi connectivity index (χ3v) is 4.87. The average molecular weight is 346 g/mol. The summed E-state index contributed by atoms with van der Waals surface area (Å²) in [6.45, 7) is 3.82. The van der Waals surface area contributed by atoms with Crippen molar-refractivity contribution >= 4 is 10.8 Å². The molecule has 3 aromatic heterocycles. The van der Waals surface area contributed by atoms with Crippen LogP contribution in [0.4, 0.5) is 0 Å². The van der Waals surface area contributed by atoms with Crippen LogP contribution in [0.5, 0.6) is 5.75 Å². The van der Waals surface area contributed by atoms with Gasteiger partial charge in [-0.15, -0.1) is 5.10 Å². The molecule has 0 amide bonds.